The highest BCUT2D eigenvalue weighted by Gasteiger charge is 2.28. The zero-order chi connectivity index (χ0) is 11.1. The Balaban J connectivity index is 1.97. The summed E-state index contributed by atoms with van der Waals surface area (Å²) in [4.78, 5) is 4.66. The van der Waals surface area contributed by atoms with Crippen molar-refractivity contribution in [3.63, 3.8) is 0 Å². The normalized spacial score (nSPS) is 29.4. The van der Waals surface area contributed by atoms with Crippen LogP contribution in [-0.4, -0.2) is 32.3 Å². The lowest BCUT2D eigenvalue weighted by atomic mass is 10.1. The smallest absolute Gasteiger partial charge is 0.127 e. The van der Waals surface area contributed by atoms with Crippen molar-refractivity contribution >= 4 is 27.7 Å². The fraction of sp³-hybridized carbons (Fsp3) is 0.727. The van der Waals surface area contributed by atoms with E-state index in [1.807, 2.05) is 11.8 Å². The van der Waals surface area contributed by atoms with E-state index >= 15 is 0 Å². The van der Waals surface area contributed by atoms with Crippen LogP contribution in [0.4, 0.5) is 0 Å². The van der Waals surface area contributed by atoms with Gasteiger partial charge in [-0.2, -0.15) is 11.8 Å². The van der Waals surface area contributed by atoms with E-state index in [-0.39, 0.29) is 6.10 Å². The maximum absolute atomic E-state index is 9.69. The summed E-state index contributed by atoms with van der Waals surface area (Å²) in [5.41, 5.74) is 1.19. The van der Waals surface area contributed by atoms with Crippen LogP contribution in [0.25, 0.3) is 0 Å². The highest BCUT2D eigenvalue weighted by molar-refractivity contribution is 9.10. The molecule has 3 heterocycles. The third kappa shape index (κ3) is 1.83. The van der Waals surface area contributed by atoms with Crippen LogP contribution in [0.15, 0.2) is 4.60 Å². The summed E-state index contributed by atoms with van der Waals surface area (Å²) < 4.78 is 3.27. The third-order valence-corrected chi connectivity index (χ3v) is 5.26. The zero-order valence-electron chi connectivity index (χ0n) is 9.03. The molecule has 1 fully saturated rings. The van der Waals surface area contributed by atoms with E-state index < -0.39 is 0 Å². The average molecular weight is 303 g/mol. The molecule has 1 aromatic rings. The third-order valence-electron chi connectivity index (χ3n) is 3.46. The highest BCUT2D eigenvalue weighted by Crippen LogP contribution is 2.35. The first-order valence-corrected chi connectivity index (χ1v) is 7.71. The van der Waals surface area contributed by atoms with Gasteiger partial charge in [-0.15, -0.1) is 0 Å². The van der Waals surface area contributed by atoms with Gasteiger partial charge in [0, 0.05) is 24.6 Å². The van der Waals surface area contributed by atoms with Crippen molar-refractivity contribution < 1.29 is 5.11 Å². The summed E-state index contributed by atoms with van der Waals surface area (Å²) >= 11 is 5.55. The van der Waals surface area contributed by atoms with E-state index in [4.69, 9.17) is 0 Å². The molecule has 3 nitrogen and oxygen atoms in total. The number of rotatable bonds is 1. The van der Waals surface area contributed by atoms with E-state index in [0.717, 1.165) is 24.0 Å². The molecule has 0 saturated carbocycles. The maximum atomic E-state index is 9.69. The Kier molecular flexibility index (Phi) is 3.02. The lowest BCUT2D eigenvalue weighted by molar-refractivity contribution is 0.142. The standard InChI is InChI=1S/C11H15BrN2OS/c12-10-9-5-8(15)1-3-14(9)11(13-10)7-2-4-16-6-7/h7-8,15H,1-6H2. The lowest BCUT2D eigenvalue weighted by Crippen LogP contribution is -2.24. The molecule has 1 saturated heterocycles. The molecular formula is C11H15BrN2OS. The van der Waals surface area contributed by atoms with E-state index in [1.165, 1.54) is 29.4 Å². The number of aliphatic hydroxyl groups is 1. The molecule has 16 heavy (non-hydrogen) atoms. The van der Waals surface area contributed by atoms with Crippen LogP contribution in [0, 0.1) is 0 Å². The number of halogens is 1. The molecule has 1 N–H and O–H groups in total. The summed E-state index contributed by atoms with van der Waals surface area (Å²) in [6, 6.07) is 0. The fourth-order valence-electron chi connectivity index (χ4n) is 2.57. The predicted octanol–water partition coefficient (Wildman–Crippen LogP) is 2.17. The lowest BCUT2D eigenvalue weighted by Gasteiger charge is -2.22. The van der Waals surface area contributed by atoms with E-state index in [1.54, 1.807) is 0 Å². The van der Waals surface area contributed by atoms with Gasteiger partial charge in [0.15, 0.2) is 0 Å². The minimum atomic E-state index is -0.189. The minimum absolute atomic E-state index is 0.189. The van der Waals surface area contributed by atoms with Gasteiger partial charge in [-0.3, -0.25) is 0 Å². The first-order chi connectivity index (χ1) is 7.75. The molecular weight excluding hydrogens is 288 g/mol. The Morgan fingerprint density at radius 3 is 3.06 bits per heavy atom. The monoisotopic (exact) mass is 302 g/mol. The Bertz CT molecular complexity index is 401. The summed E-state index contributed by atoms with van der Waals surface area (Å²) in [5, 5.41) is 9.69. The number of hydrogen-bond donors (Lipinski definition) is 1. The van der Waals surface area contributed by atoms with Crippen molar-refractivity contribution in [2.45, 2.75) is 37.8 Å². The molecule has 0 amide bonds. The molecule has 2 aliphatic rings. The van der Waals surface area contributed by atoms with Gasteiger partial charge in [0.05, 0.1) is 11.8 Å². The first-order valence-electron chi connectivity index (χ1n) is 5.76. The largest absolute Gasteiger partial charge is 0.393 e. The number of thioether (sulfide) groups is 1. The predicted molar refractivity (Wildman–Crippen MR) is 68.9 cm³/mol. The molecule has 0 spiro atoms. The first kappa shape index (κ1) is 11.1. The summed E-state index contributed by atoms with van der Waals surface area (Å²) in [7, 11) is 0. The van der Waals surface area contributed by atoms with Gasteiger partial charge in [-0.1, -0.05) is 0 Å². The number of imidazole rings is 1. The molecule has 88 valence electrons. The number of hydrogen-bond acceptors (Lipinski definition) is 3. The Hall–Kier alpha value is -0.0000000000000000555. The van der Waals surface area contributed by atoms with Crippen LogP contribution in [0.1, 0.15) is 30.3 Å². The second kappa shape index (κ2) is 4.35. The number of aromatic nitrogens is 2. The van der Waals surface area contributed by atoms with Crippen LogP contribution in [0.2, 0.25) is 0 Å². The van der Waals surface area contributed by atoms with Gasteiger partial charge in [-0.25, -0.2) is 4.98 Å². The quantitative estimate of drug-likeness (QED) is 0.864. The fourth-order valence-corrected chi connectivity index (χ4v) is 4.35. The maximum Gasteiger partial charge on any atom is 0.127 e. The van der Waals surface area contributed by atoms with Crippen molar-refractivity contribution in [1.82, 2.24) is 9.55 Å². The second-order valence-corrected chi connectivity index (χ2v) is 6.47. The molecule has 5 heteroatoms. The van der Waals surface area contributed by atoms with Crippen molar-refractivity contribution in [3.05, 3.63) is 16.1 Å². The van der Waals surface area contributed by atoms with E-state index in [0.29, 0.717) is 5.92 Å². The van der Waals surface area contributed by atoms with Gasteiger partial charge in [0.25, 0.3) is 0 Å². The zero-order valence-corrected chi connectivity index (χ0v) is 11.4. The van der Waals surface area contributed by atoms with Crippen LogP contribution < -0.4 is 0 Å². The average Bonchev–Trinajstić information content (AvgIpc) is 2.87. The van der Waals surface area contributed by atoms with Crippen molar-refractivity contribution in [2.75, 3.05) is 11.5 Å². The Morgan fingerprint density at radius 1 is 1.44 bits per heavy atom. The van der Waals surface area contributed by atoms with Crippen LogP contribution in [0.3, 0.4) is 0 Å². The summed E-state index contributed by atoms with van der Waals surface area (Å²) in [6.07, 6.45) is 2.66. The molecule has 0 bridgehead atoms. The molecule has 2 unspecified atom stereocenters. The number of fused-ring (bicyclic) bond motifs is 1. The molecule has 0 aliphatic carbocycles. The second-order valence-electron chi connectivity index (χ2n) is 4.57. The van der Waals surface area contributed by atoms with E-state index in [2.05, 4.69) is 25.5 Å². The van der Waals surface area contributed by atoms with Gasteiger partial charge in [-0.05, 0) is 34.5 Å². The topological polar surface area (TPSA) is 38.0 Å². The minimum Gasteiger partial charge on any atom is -0.393 e. The van der Waals surface area contributed by atoms with Crippen LogP contribution in [0.5, 0.6) is 0 Å². The van der Waals surface area contributed by atoms with Gasteiger partial charge in [0.1, 0.15) is 10.4 Å². The molecule has 0 aromatic carbocycles. The van der Waals surface area contributed by atoms with Crippen molar-refractivity contribution in [2.24, 2.45) is 0 Å². The van der Waals surface area contributed by atoms with Gasteiger partial charge >= 0.3 is 0 Å². The highest BCUT2D eigenvalue weighted by atomic mass is 79.9. The van der Waals surface area contributed by atoms with Crippen molar-refractivity contribution in [3.8, 4) is 0 Å². The SMILES string of the molecule is OC1CCn2c(C3CCSC3)nc(Br)c2C1. The summed E-state index contributed by atoms with van der Waals surface area (Å²) in [5.74, 6) is 4.31. The van der Waals surface area contributed by atoms with E-state index in [9.17, 15) is 5.11 Å². The van der Waals surface area contributed by atoms with Crippen LogP contribution >= 0.6 is 27.7 Å². The summed E-state index contributed by atoms with van der Waals surface area (Å²) in [6.45, 7) is 0.922. The molecule has 2 atom stereocenters. The molecule has 3 rings (SSSR count). The van der Waals surface area contributed by atoms with Crippen molar-refractivity contribution in [1.29, 1.82) is 0 Å². The van der Waals surface area contributed by atoms with Gasteiger partial charge in [0.2, 0.25) is 0 Å². The molecule has 2 aliphatic heterocycles. The number of aliphatic hydroxyl groups excluding tert-OH is 1. The molecule has 1 aromatic heterocycles. The Labute approximate surface area is 108 Å². The van der Waals surface area contributed by atoms with Gasteiger partial charge < -0.3 is 9.67 Å². The number of nitrogens with zero attached hydrogens (tertiary/aromatic N) is 2. The molecule has 0 radical (unpaired) electrons. The van der Waals surface area contributed by atoms with Crippen LogP contribution in [-0.2, 0) is 13.0 Å². The Morgan fingerprint density at radius 2 is 2.31 bits per heavy atom.